The molecule has 0 bridgehead atoms. The SMILES string of the molecule is CCCc1cc(C(C)(C)C)ncc1OC. The summed E-state index contributed by atoms with van der Waals surface area (Å²) in [6.45, 7) is 8.71. The summed E-state index contributed by atoms with van der Waals surface area (Å²) >= 11 is 0. The van der Waals surface area contributed by atoms with Gasteiger partial charge in [-0.2, -0.15) is 0 Å². The van der Waals surface area contributed by atoms with Gasteiger partial charge in [-0.1, -0.05) is 34.1 Å². The number of nitrogens with zero attached hydrogens (tertiary/aromatic N) is 1. The first-order chi connectivity index (χ1) is 6.99. The van der Waals surface area contributed by atoms with Gasteiger partial charge in [-0.25, -0.2) is 0 Å². The van der Waals surface area contributed by atoms with Gasteiger partial charge < -0.3 is 4.74 Å². The summed E-state index contributed by atoms with van der Waals surface area (Å²) in [5.41, 5.74) is 2.50. The van der Waals surface area contributed by atoms with E-state index in [1.807, 2.05) is 6.20 Å². The molecular formula is C13H21NO. The topological polar surface area (TPSA) is 22.1 Å². The fourth-order valence-corrected chi connectivity index (χ4v) is 1.54. The van der Waals surface area contributed by atoms with E-state index in [1.54, 1.807) is 7.11 Å². The number of hydrogen-bond acceptors (Lipinski definition) is 2. The van der Waals surface area contributed by atoms with E-state index >= 15 is 0 Å². The second-order valence-electron chi connectivity index (χ2n) is 4.88. The second kappa shape index (κ2) is 4.65. The zero-order chi connectivity index (χ0) is 11.5. The van der Waals surface area contributed by atoms with Crippen LogP contribution < -0.4 is 4.74 Å². The molecule has 0 aliphatic rings. The van der Waals surface area contributed by atoms with Crippen molar-refractivity contribution in [3.05, 3.63) is 23.5 Å². The molecule has 0 saturated heterocycles. The van der Waals surface area contributed by atoms with Gasteiger partial charge in [0.1, 0.15) is 5.75 Å². The third kappa shape index (κ3) is 2.95. The summed E-state index contributed by atoms with van der Waals surface area (Å²) in [4.78, 5) is 4.44. The van der Waals surface area contributed by atoms with Gasteiger partial charge >= 0.3 is 0 Å². The average Bonchev–Trinajstić information content (AvgIpc) is 2.17. The summed E-state index contributed by atoms with van der Waals surface area (Å²) in [7, 11) is 1.70. The molecule has 0 saturated carbocycles. The fourth-order valence-electron chi connectivity index (χ4n) is 1.54. The predicted molar refractivity (Wildman–Crippen MR) is 63.5 cm³/mol. The van der Waals surface area contributed by atoms with Gasteiger partial charge in [0.25, 0.3) is 0 Å². The van der Waals surface area contributed by atoms with Crippen molar-refractivity contribution in [2.75, 3.05) is 7.11 Å². The Balaban J connectivity index is 3.10. The molecule has 0 aromatic carbocycles. The quantitative estimate of drug-likeness (QED) is 0.758. The Labute approximate surface area is 92.7 Å². The van der Waals surface area contributed by atoms with E-state index < -0.39 is 0 Å². The Hall–Kier alpha value is -1.05. The molecule has 1 aromatic heterocycles. The summed E-state index contributed by atoms with van der Waals surface area (Å²) in [5, 5.41) is 0. The van der Waals surface area contributed by atoms with Crippen molar-refractivity contribution in [2.24, 2.45) is 0 Å². The summed E-state index contributed by atoms with van der Waals surface area (Å²) in [5.74, 6) is 0.907. The molecule has 0 aliphatic carbocycles. The van der Waals surface area contributed by atoms with Crippen LogP contribution in [0.4, 0.5) is 0 Å². The smallest absolute Gasteiger partial charge is 0.140 e. The molecule has 1 rings (SSSR count). The van der Waals surface area contributed by atoms with Gasteiger partial charge in [-0.05, 0) is 18.1 Å². The highest BCUT2D eigenvalue weighted by Gasteiger charge is 2.17. The zero-order valence-electron chi connectivity index (χ0n) is 10.4. The number of ether oxygens (including phenoxy) is 1. The van der Waals surface area contributed by atoms with Crippen LogP contribution in [0.3, 0.4) is 0 Å². The van der Waals surface area contributed by atoms with Crippen LogP contribution in [-0.4, -0.2) is 12.1 Å². The molecule has 15 heavy (non-hydrogen) atoms. The minimum Gasteiger partial charge on any atom is -0.495 e. The molecule has 2 nitrogen and oxygen atoms in total. The minimum absolute atomic E-state index is 0.106. The van der Waals surface area contributed by atoms with E-state index in [9.17, 15) is 0 Å². The lowest BCUT2D eigenvalue weighted by molar-refractivity contribution is 0.405. The standard InChI is InChI=1S/C13H21NO/c1-6-7-10-8-12(13(2,3)4)14-9-11(10)15-5/h8-9H,6-7H2,1-5H3. The molecule has 1 heterocycles. The van der Waals surface area contributed by atoms with Gasteiger partial charge in [0.2, 0.25) is 0 Å². The van der Waals surface area contributed by atoms with Gasteiger partial charge in [-0.15, -0.1) is 0 Å². The van der Waals surface area contributed by atoms with Gasteiger partial charge in [0, 0.05) is 11.1 Å². The minimum atomic E-state index is 0.106. The Morgan fingerprint density at radius 1 is 1.33 bits per heavy atom. The molecule has 0 radical (unpaired) electrons. The second-order valence-corrected chi connectivity index (χ2v) is 4.88. The maximum atomic E-state index is 5.30. The van der Waals surface area contributed by atoms with Crippen LogP contribution in [-0.2, 0) is 11.8 Å². The molecular weight excluding hydrogens is 186 g/mol. The molecule has 0 aliphatic heterocycles. The molecule has 84 valence electrons. The average molecular weight is 207 g/mol. The van der Waals surface area contributed by atoms with Gasteiger partial charge in [0.15, 0.2) is 0 Å². The molecule has 0 atom stereocenters. The van der Waals surface area contributed by atoms with Crippen LogP contribution in [0.15, 0.2) is 12.3 Å². The lowest BCUT2D eigenvalue weighted by atomic mass is 9.90. The van der Waals surface area contributed by atoms with E-state index in [-0.39, 0.29) is 5.41 Å². The number of hydrogen-bond donors (Lipinski definition) is 0. The van der Waals surface area contributed by atoms with Crippen molar-refractivity contribution in [3.63, 3.8) is 0 Å². The van der Waals surface area contributed by atoms with Gasteiger partial charge in [-0.3, -0.25) is 4.98 Å². The number of pyridine rings is 1. The van der Waals surface area contributed by atoms with Crippen LogP contribution >= 0.6 is 0 Å². The third-order valence-corrected chi connectivity index (χ3v) is 2.46. The first-order valence-corrected chi connectivity index (χ1v) is 5.52. The monoisotopic (exact) mass is 207 g/mol. The van der Waals surface area contributed by atoms with Crippen molar-refractivity contribution in [3.8, 4) is 5.75 Å². The van der Waals surface area contributed by atoms with E-state index in [1.165, 1.54) is 5.56 Å². The first-order valence-electron chi connectivity index (χ1n) is 5.52. The number of aromatic nitrogens is 1. The van der Waals surface area contributed by atoms with Crippen molar-refractivity contribution >= 4 is 0 Å². The molecule has 1 aromatic rings. The highest BCUT2D eigenvalue weighted by Crippen LogP contribution is 2.26. The Bertz CT molecular complexity index is 326. The lowest BCUT2D eigenvalue weighted by Crippen LogP contribution is -2.14. The van der Waals surface area contributed by atoms with E-state index in [4.69, 9.17) is 4.74 Å². The highest BCUT2D eigenvalue weighted by atomic mass is 16.5. The zero-order valence-corrected chi connectivity index (χ0v) is 10.4. The maximum Gasteiger partial charge on any atom is 0.140 e. The van der Waals surface area contributed by atoms with Crippen LogP contribution in [0, 0.1) is 0 Å². The first kappa shape index (κ1) is 12.0. The molecule has 0 spiro atoms. The van der Waals surface area contributed by atoms with E-state index in [2.05, 4.69) is 38.7 Å². The summed E-state index contributed by atoms with van der Waals surface area (Å²) in [6, 6.07) is 2.17. The van der Waals surface area contributed by atoms with Crippen molar-refractivity contribution in [1.29, 1.82) is 0 Å². The van der Waals surface area contributed by atoms with E-state index in [0.29, 0.717) is 0 Å². The fraction of sp³-hybridized carbons (Fsp3) is 0.615. The van der Waals surface area contributed by atoms with Crippen LogP contribution in [0.2, 0.25) is 0 Å². The van der Waals surface area contributed by atoms with Gasteiger partial charge in [0.05, 0.1) is 13.3 Å². The van der Waals surface area contributed by atoms with Crippen molar-refractivity contribution in [1.82, 2.24) is 4.98 Å². The summed E-state index contributed by atoms with van der Waals surface area (Å²) in [6.07, 6.45) is 4.02. The van der Waals surface area contributed by atoms with Crippen LogP contribution in [0.5, 0.6) is 5.75 Å². The normalized spacial score (nSPS) is 11.5. The predicted octanol–water partition coefficient (Wildman–Crippen LogP) is 3.34. The number of methoxy groups -OCH3 is 1. The van der Waals surface area contributed by atoms with E-state index in [0.717, 1.165) is 24.3 Å². The van der Waals surface area contributed by atoms with Crippen molar-refractivity contribution in [2.45, 2.75) is 46.0 Å². The Morgan fingerprint density at radius 2 is 2.00 bits per heavy atom. The highest BCUT2D eigenvalue weighted by molar-refractivity contribution is 5.34. The van der Waals surface area contributed by atoms with Crippen LogP contribution in [0.25, 0.3) is 0 Å². The molecule has 2 heteroatoms. The molecule has 0 fully saturated rings. The Morgan fingerprint density at radius 3 is 2.47 bits per heavy atom. The van der Waals surface area contributed by atoms with Crippen molar-refractivity contribution < 1.29 is 4.74 Å². The maximum absolute atomic E-state index is 5.30. The molecule has 0 amide bonds. The largest absolute Gasteiger partial charge is 0.495 e. The molecule has 0 unspecified atom stereocenters. The third-order valence-electron chi connectivity index (χ3n) is 2.46. The number of aryl methyl sites for hydroxylation is 1. The molecule has 0 N–H and O–H groups in total. The van der Waals surface area contributed by atoms with Crippen LogP contribution in [0.1, 0.15) is 45.4 Å². The summed E-state index contributed by atoms with van der Waals surface area (Å²) < 4.78 is 5.30. The Kier molecular flexibility index (Phi) is 3.72. The lowest BCUT2D eigenvalue weighted by Gasteiger charge is -2.19. The number of rotatable bonds is 3.